The molecule has 1 amide bonds. The van der Waals surface area contributed by atoms with Gasteiger partial charge >= 0.3 is 0 Å². The van der Waals surface area contributed by atoms with E-state index >= 15 is 0 Å². The number of benzene rings is 1. The van der Waals surface area contributed by atoms with Gasteiger partial charge in [-0.25, -0.2) is 0 Å². The zero-order valence-corrected chi connectivity index (χ0v) is 13.5. The zero-order chi connectivity index (χ0) is 15.9. The molecule has 5 heteroatoms. The van der Waals surface area contributed by atoms with Gasteiger partial charge in [0.2, 0.25) is 11.8 Å². The molecule has 1 saturated heterocycles. The van der Waals surface area contributed by atoms with Gasteiger partial charge in [-0.3, -0.25) is 4.79 Å². The first-order valence-electron chi connectivity index (χ1n) is 7.70. The van der Waals surface area contributed by atoms with E-state index in [1.165, 1.54) is 5.56 Å². The molecule has 2 aromatic rings. The summed E-state index contributed by atoms with van der Waals surface area (Å²) in [5.41, 5.74) is 4.50. The molecule has 116 valence electrons. The number of carbonyl (C=O) groups excluding carboxylic acids is 1. The Morgan fingerprint density at radius 3 is 2.55 bits per heavy atom. The monoisotopic (exact) mass is 299 g/mol. The molecule has 0 bridgehead atoms. The minimum Gasteiger partial charge on any atom is -0.339 e. The van der Waals surface area contributed by atoms with Crippen molar-refractivity contribution >= 4 is 11.6 Å². The van der Waals surface area contributed by atoms with Crippen molar-refractivity contribution in [2.75, 3.05) is 11.4 Å². The van der Waals surface area contributed by atoms with Crippen LogP contribution in [0.25, 0.3) is 0 Å². The normalized spacial score (nSPS) is 18.3. The average molecular weight is 299 g/mol. The van der Waals surface area contributed by atoms with Crippen LogP contribution in [0.1, 0.15) is 47.7 Å². The van der Waals surface area contributed by atoms with Gasteiger partial charge in [0.05, 0.1) is 5.92 Å². The molecule has 0 saturated carbocycles. The predicted octanol–water partition coefficient (Wildman–Crippen LogP) is 3.08. The number of aromatic nitrogens is 2. The van der Waals surface area contributed by atoms with E-state index in [2.05, 4.69) is 43.0 Å². The van der Waals surface area contributed by atoms with Crippen molar-refractivity contribution in [3.8, 4) is 0 Å². The van der Waals surface area contributed by atoms with Crippen molar-refractivity contribution in [1.82, 2.24) is 10.1 Å². The van der Waals surface area contributed by atoms with Crippen LogP contribution in [0.2, 0.25) is 0 Å². The number of anilines is 1. The minimum absolute atomic E-state index is 0.0135. The molecule has 1 aliphatic heterocycles. The highest BCUT2D eigenvalue weighted by molar-refractivity contribution is 5.97. The molecule has 3 rings (SSSR count). The first kappa shape index (κ1) is 14.8. The standard InChI is InChI=1S/C17H21N3O2/c1-5-14-18-17(22-19-14)13-8-15(21)20(9-13)16-11(3)6-10(2)7-12(16)4/h6-7,13H,5,8-9H2,1-4H3/t13-/m1/s1. The molecule has 0 N–H and O–H groups in total. The van der Waals surface area contributed by atoms with Crippen molar-refractivity contribution in [3.05, 3.63) is 40.5 Å². The Bertz CT molecular complexity index is 697. The van der Waals surface area contributed by atoms with Crippen molar-refractivity contribution in [3.63, 3.8) is 0 Å². The summed E-state index contributed by atoms with van der Waals surface area (Å²) >= 11 is 0. The number of aryl methyl sites for hydroxylation is 4. The molecular formula is C17H21N3O2. The van der Waals surface area contributed by atoms with Crippen molar-refractivity contribution in [2.45, 2.75) is 46.5 Å². The highest BCUT2D eigenvalue weighted by atomic mass is 16.5. The lowest BCUT2D eigenvalue weighted by atomic mass is 10.0. The van der Waals surface area contributed by atoms with Gasteiger partial charge in [-0.05, 0) is 31.9 Å². The molecule has 22 heavy (non-hydrogen) atoms. The van der Waals surface area contributed by atoms with E-state index in [0.29, 0.717) is 24.7 Å². The van der Waals surface area contributed by atoms with Gasteiger partial charge in [0.1, 0.15) is 0 Å². The highest BCUT2D eigenvalue weighted by Gasteiger charge is 2.36. The van der Waals surface area contributed by atoms with Crippen LogP contribution in [0, 0.1) is 20.8 Å². The largest absolute Gasteiger partial charge is 0.339 e. The van der Waals surface area contributed by atoms with Gasteiger partial charge in [0.25, 0.3) is 0 Å². The Morgan fingerprint density at radius 1 is 1.27 bits per heavy atom. The van der Waals surface area contributed by atoms with Crippen LogP contribution in [-0.2, 0) is 11.2 Å². The number of hydrogen-bond donors (Lipinski definition) is 0. The molecule has 0 aliphatic carbocycles. The highest BCUT2D eigenvalue weighted by Crippen LogP contribution is 2.35. The molecule has 2 heterocycles. The first-order valence-corrected chi connectivity index (χ1v) is 7.70. The maximum atomic E-state index is 12.5. The summed E-state index contributed by atoms with van der Waals surface area (Å²) in [4.78, 5) is 18.7. The number of rotatable bonds is 3. The van der Waals surface area contributed by atoms with Crippen LogP contribution in [0.3, 0.4) is 0 Å². The third-order valence-electron chi connectivity index (χ3n) is 4.18. The lowest BCUT2D eigenvalue weighted by Gasteiger charge is -2.21. The summed E-state index contributed by atoms with van der Waals surface area (Å²) in [6, 6.07) is 4.23. The Kier molecular flexibility index (Phi) is 3.72. The van der Waals surface area contributed by atoms with E-state index < -0.39 is 0 Å². The number of nitrogens with zero attached hydrogens (tertiary/aromatic N) is 3. The fraction of sp³-hybridized carbons (Fsp3) is 0.471. The van der Waals surface area contributed by atoms with E-state index in [4.69, 9.17) is 4.52 Å². The maximum absolute atomic E-state index is 12.5. The fourth-order valence-electron chi connectivity index (χ4n) is 3.26. The van der Waals surface area contributed by atoms with E-state index in [1.807, 2.05) is 11.8 Å². The lowest BCUT2D eigenvalue weighted by molar-refractivity contribution is -0.117. The Hall–Kier alpha value is -2.17. The van der Waals surface area contributed by atoms with Crippen LogP contribution in [0.5, 0.6) is 0 Å². The molecule has 1 aliphatic rings. The SMILES string of the molecule is CCc1noc([C@@H]2CC(=O)N(c3c(C)cc(C)cc3C)C2)n1. The smallest absolute Gasteiger partial charge is 0.232 e. The maximum Gasteiger partial charge on any atom is 0.232 e. The second kappa shape index (κ2) is 5.55. The third kappa shape index (κ3) is 2.51. The summed E-state index contributed by atoms with van der Waals surface area (Å²) in [6.07, 6.45) is 1.17. The van der Waals surface area contributed by atoms with Gasteiger partial charge in [0, 0.05) is 25.1 Å². The van der Waals surface area contributed by atoms with E-state index in [9.17, 15) is 4.79 Å². The molecule has 1 atom stereocenters. The average Bonchev–Trinajstić information content (AvgIpc) is 3.05. The number of hydrogen-bond acceptors (Lipinski definition) is 4. The summed E-state index contributed by atoms with van der Waals surface area (Å²) in [6.45, 7) is 8.77. The van der Waals surface area contributed by atoms with Gasteiger partial charge in [0.15, 0.2) is 5.82 Å². The fourth-order valence-corrected chi connectivity index (χ4v) is 3.26. The summed E-state index contributed by atoms with van der Waals surface area (Å²) < 4.78 is 5.31. The second-order valence-corrected chi connectivity index (χ2v) is 6.06. The second-order valence-electron chi connectivity index (χ2n) is 6.06. The zero-order valence-electron chi connectivity index (χ0n) is 13.5. The van der Waals surface area contributed by atoms with Crippen molar-refractivity contribution in [1.29, 1.82) is 0 Å². The van der Waals surface area contributed by atoms with Gasteiger partial charge in [-0.2, -0.15) is 4.98 Å². The first-order chi connectivity index (χ1) is 10.5. The molecule has 0 unspecified atom stereocenters. The van der Waals surface area contributed by atoms with E-state index in [1.54, 1.807) is 0 Å². The van der Waals surface area contributed by atoms with Crippen LogP contribution < -0.4 is 4.90 Å². The number of amides is 1. The molecular weight excluding hydrogens is 278 g/mol. The molecule has 0 radical (unpaired) electrons. The van der Waals surface area contributed by atoms with E-state index in [-0.39, 0.29) is 11.8 Å². The molecule has 1 aromatic heterocycles. The summed E-state index contributed by atoms with van der Waals surface area (Å²) in [5, 5.41) is 3.93. The summed E-state index contributed by atoms with van der Waals surface area (Å²) in [5.74, 6) is 1.38. The lowest BCUT2D eigenvalue weighted by Crippen LogP contribution is -2.26. The van der Waals surface area contributed by atoms with Gasteiger partial charge in [-0.15, -0.1) is 0 Å². The van der Waals surface area contributed by atoms with Crippen molar-refractivity contribution in [2.24, 2.45) is 0 Å². The van der Waals surface area contributed by atoms with Crippen LogP contribution >= 0.6 is 0 Å². The Labute approximate surface area is 130 Å². The molecule has 0 spiro atoms. The predicted molar refractivity (Wildman–Crippen MR) is 84.0 cm³/mol. The minimum atomic E-state index is -0.0135. The van der Waals surface area contributed by atoms with Gasteiger partial charge in [-0.1, -0.05) is 29.8 Å². The van der Waals surface area contributed by atoms with Crippen molar-refractivity contribution < 1.29 is 9.32 Å². The summed E-state index contributed by atoms with van der Waals surface area (Å²) in [7, 11) is 0. The van der Waals surface area contributed by atoms with Gasteiger partial charge < -0.3 is 9.42 Å². The topological polar surface area (TPSA) is 59.2 Å². The van der Waals surface area contributed by atoms with Crippen LogP contribution in [-0.4, -0.2) is 22.6 Å². The van der Waals surface area contributed by atoms with Crippen LogP contribution in [0.15, 0.2) is 16.7 Å². The Morgan fingerprint density at radius 2 is 1.95 bits per heavy atom. The Balaban J connectivity index is 1.89. The van der Waals surface area contributed by atoms with E-state index in [0.717, 1.165) is 23.2 Å². The molecule has 1 fully saturated rings. The molecule has 1 aromatic carbocycles. The van der Waals surface area contributed by atoms with Crippen LogP contribution in [0.4, 0.5) is 5.69 Å². The molecule has 5 nitrogen and oxygen atoms in total. The number of carbonyl (C=O) groups is 1. The third-order valence-corrected chi connectivity index (χ3v) is 4.18. The quantitative estimate of drug-likeness (QED) is 0.874.